The quantitative estimate of drug-likeness (QED) is 0.305. The fraction of sp³-hybridized carbons (Fsp3) is 0.286. The van der Waals surface area contributed by atoms with Crippen LogP contribution in [0.15, 0.2) is 108 Å². The average Bonchev–Trinajstić information content (AvgIpc) is 3.05. The topological polar surface area (TPSA) is 73.0 Å². The van der Waals surface area contributed by atoms with Gasteiger partial charge >= 0.3 is 0 Å². The molecule has 8 heteroatoms. The van der Waals surface area contributed by atoms with Gasteiger partial charge in [0.1, 0.15) is 0 Å². The predicted molar refractivity (Wildman–Crippen MR) is 169 cm³/mol. The maximum Gasteiger partial charge on any atom is 0.251 e. The lowest BCUT2D eigenvalue weighted by Crippen LogP contribution is -2.48. The Morgan fingerprint density at radius 1 is 0.628 bits per heavy atom. The standard InChI is InChI=1S/C35H38N4O3S/c40-35(36-24-28-10-12-29(13-11-28)26-38-19-18-31-6-4-5-7-33(31)27-38)32-16-14-30(15-17-32)25-37-20-22-39(23-21-37)43(41,42)34-8-2-1-3-9-34/h1-17H,18-27H2,(H,36,40). The minimum atomic E-state index is -3.46. The molecular formula is C35H38N4O3S. The van der Waals surface area contributed by atoms with Gasteiger partial charge in [-0.05, 0) is 58.5 Å². The van der Waals surface area contributed by atoms with Crippen molar-refractivity contribution in [3.05, 3.63) is 137 Å². The molecule has 6 rings (SSSR count). The van der Waals surface area contributed by atoms with Crippen LogP contribution in [0.25, 0.3) is 0 Å². The van der Waals surface area contributed by atoms with Crippen molar-refractivity contribution in [1.82, 2.24) is 19.4 Å². The number of nitrogens with zero attached hydrogens (tertiary/aromatic N) is 3. The van der Waals surface area contributed by atoms with Gasteiger partial charge in [0, 0.05) is 64.5 Å². The Morgan fingerprint density at radius 2 is 1.21 bits per heavy atom. The Bertz CT molecular complexity index is 1630. The molecule has 2 aliphatic heterocycles. The summed E-state index contributed by atoms with van der Waals surface area (Å²) in [7, 11) is -3.46. The summed E-state index contributed by atoms with van der Waals surface area (Å²) in [4.78, 5) is 17.9. The van der Waals surface area contributed by atoms with Gasteiger partial charge in [-0.3, -0.25) is 14.6 Å². The number of amides is 1. The summed E-state index contributed by atoms with van der Waals surface area (Å²) in [6, 6.07) is 33.5. The van der Waals surface area contributed by atoms with Gasteiger partial charge in [0.05, 0.1) is 4.90 Å². The minimum Gasteiger partial charge on any atom is -0.348 e. The zero-order chi connectivity index (χ0) is 29.6. The molecule has 1 fully saturated rings. The summed E-state index contributed by atoms with van der Waals surface area (Å²) in [5.74, 6) is -0.0951. The Hall–Kier alpha value is -3.82. The molecule has 1 saturated heterocycles. The Kier molecular flexibility index (Phi) is 9.00. The third-order valence-corrected chi connectivity index (χ3v) is 10.3. The first-order valence-corrected chi connectivity index (χ1v) is 16.4. The summed E-state index contributed by atoms with van der Waals surface area (Å²) in [6.07, 6.45) is 1.10. The van der Waals surface area contributed by atoms with Crippen LogP contribution in [0.4, 0.5) is 0 Å². The molecule has 4 aromatic carbocycles. The molecule has 222 valence electrons. The fourth-order valence-corrected chi connectivity index (χ4v) is 7.33. The van der Waals surface area contributed by atoms with Crippen molar-refractivity contribution in [2.45, 2.75) is 37.5 Å². The molecule has 0 radical (unpaired) electrons. The Balaban J connectivity index is 0.944. The van der Waals surface area contributed by atoms with Crippen LogP contribution >= 0.6 is 0 Å². The minimum absolute atomic E-state index is 0.0951. The van der Waals surface area contributed by atoms with E-state index < -0.39 is 10.0 Å². The first-order chi connectivity index (χ1) is 20.9. The van der Waals surface area contributed by atoms with E-state index in [1.165, 1.54) is 16.7 Å². The highest BCUT2D eigenvalue weighted by Crippen LogP contribution is 2.21. The van der Waals surface area contributed by atoms with E-state index in [0.29, 0.717) is 43.2 Å². The zero-order valence-corrected chi connectivity index (χ0v) is 25.2. The molecule has 0 bridgehead atoms. The molecule has 4 aromatic rings. The maximum atomic E-state index is 12.9. The number of piperazine rings is 1. The molecule has 0 saturated carbocycles. The van der Waals surface area contributed by atoms with E-state index in [-0.39, 0.29) is 5.91 Å². The number of fused-ring (bicyclic) bond motifs is 1. The molecule has 0 aliphatic carbocycles. The highest BCUT2D eigenvalue weighted by molar-refractivity contribution is 7.89. The van der Waals surface area contributed by atoms with Crippen LogP contribution < -0.4 is 5.32 Å². The van der Waals surface area contributed by atoms with Gasteiger partial charge in [-0.1, -0.05) is 78.9 Å². The van der Waals surface area contributed by atoms with Gasteiger partial charge in [0.25, 0.3) is 5.91 Å². The van der Waals surface area contributed by atoms with Crippen LogP contribution in [0.5, 0.6) is 0 Å². The molecule has 43 heavy (non-hydrogen) atoms. The number of carbonyl (C=O) groups excluding carboxylic acids is 1. The molecule has 7 nitrogen and oxygen atoms in total. The second-order valence-corrected chi connectivity index (χ2v) is 13.4. The highest BCUT2D eigenvalue weighted by atomic mass is 32.2. The Morgan fingerprint density at radius 3 is 1.91 bits per heavy atom. The van der Waals surface area contributed by atoms with Crippen LogP contribution in [-0.4, -0.2) is 61.2 Å². The van der Waals surface area contributed by atoms with Gasteiger partial charge in [0.2, 0.25) is 10.0 Å². The van der Waals surface area contributed by atoms with Crippen LogP contribution in [0, 0.1) is 0 Å². The number of hydrogen-bond acceptors (Lipinski definition) is 5. The smallest absolute Gasteiger partial charge is 0.251 e. The molecule has 0 unspecified atom stereocenters. The SMILES string of the molecule is O=C(NCc1ccc(CN2CCc3ccccc3C2)cc1)c1ccc(CN2CCN(S(=O)(=O)c3ccccc3)CC2)cc1. The lowest BCUT2D eigenvalue weighted by atomic mass is 9.99. The third-order valence-electron chi connectivity index (χ3n) is 8.43. The summed E-state index contributed by atoms with van der Waals surface area (Å²) in [5, 5.41) is 3.04. The van der Waals surface area contributed by atoms with Crippen LogP contribution in [0.3, 0.4) is 0 Å². The molecule has 1 amide bonds. The van der Waals surface area contributed by atoms with E-state index >= 15 is 0 Å². The van der Waals surface area contributed by atoms with E-state index in [1.807, 2.05) is 30.3 Å². The molecule has 2 heterocycles. The number of nitrogens with one attached hydrogen (secondary N) is 1. The van der Waals surface area contributed by atoms with Crippen molar-refractivity contribution in [1.29, 1.82) is 0 Å². The first kappa shape index (κ1) is 29.3. The van der Waals surface area contributed by atoms with Crippen molar-refractivity contribution in [3.8, 4) is 0 Å². The largest absolute Gasteiger partial charge is 0.348 e. The summed E-state index contributed by atoms with van der Waals surface area (Å²) < 4.78 is 27.3. The summed E-state index contributed by atoms with van der Waals surface area (Å²) >= 11 is 0. The number of carbonyl (C=O) groups is 1. The van der Waals surface area contributed by atoms with E-state index in [4.69, 9.17) is 0 Å². The lowest BCUT2D eigenvalue weighted by molar-refractivity contribution is 0.0951. The maximum absolute atomic E-state index is 12.9. The number of hydrogen-bond donors (Lipinski definition) is 1. The van der Waals surface area contributed by atoms with Crippen molar-refractivity contribution in [2.24, 2.45) is 0 Å². The zero-order valence-electron chi connectivity index (χ0n) is 24.4. The second-order valence-electron chi connectivity index (χ2n) is 11.4. The van der Waals surface area contributed by atoms with Gasteiger partial charge in [-0.15, -0.1) is 0 Å². The summed E-state index contributed by atoms with van der Waals surface area (Å²) in [6.45, 7) is 6.45. The highest BCUT2D eigenvalue weighted by Gasteiger charge is 2.28. The van der Waals surface area contributed by atoms with E-state index in [1.54, 1.807) is 28.6 Å². The van der Waals surface area contributed by atoms with Crippen molar-refractivity contribution >= 4 is 15.9 Å². The molecule has 2 aliphatic rings. The van der Waals surface area contributed by atoms with E-state index in [9.17, 15) is 13.2 Å². The van der Waals surface area contributed by atoms with Gasteiger partial charge in [-0.25, -0.2) is 8.42 Å². The number of sulfonamides is 1. The van der Waals surface area contributed by atoms with Crippen molar-refractivity contribution < 1.29 is 13.2 Å². The fourth-order valence-electron chi connectivity index (χ4n) is 5.88. The molecular weight excluding hydrogens is 556 g/mol. The van der Waals surface area contributed by atoms with Crippen LogP contribution in [-0.2, 0) is 42.6 Å². The second kappa shape index (κ2) is 13.2. The first-order valence-electron chi connectivity index (χ1n) is 15.0. The molecule has 0 spiro atoms. The van der Waals surface area contributed by atoms with Crippen LogP contribution in [0.1, 0.15) is 38.2 Å². The Labute approximate surface area is 254 Å². The third kappa shape index (κ3) is 7.22. The molecule has 0 atom stereocenters. The lowest BCUT2D eigenvalue weighted by Gasteiger charge is -2.34. The molecule has 1 N–H and O–H groups in total. The van der Waals surface area contributed by atoms with E-state index in [0.717, 1.165) is 43.7 Å². The predicted octanol–water partition coefficient (Wildman–Crippen LogP) is 4.68. The van der Waals surface area contributed by atoms with Gasteiger partial charge in [0.15, 0.2) is 0 Å². The van der Waals surface area contributed by atoms with E-state index in [2.05, 4.69) is 63.6 Å². The number of rotatable bonds is 9. The van der Waals surface area contributed by atoms with Gasteiger partial charge < -0.3 is 5.32 Å². The normalized spacial score (nSPS) is 16.5. The number of benzene rings is 4. The van der Waals surface area contributed by atoms with Crippen LogP contribution in [0.2, 0.25) is 0 Å². The van der Waals surface area contributed by atoms with Crippen molar-refractivity contribution in [2.75, 3.05) is 32.7 Å². The summed E-state index contributed by atoms with van der Waals surface area (Å²) in [5.41, 5.74) is 6.98. The van der Waals surface area contributed by atoms with Crippen molar-refractivity contribution in [3.63, 3.8) is 0 Å². The van der Waals surface area contributed by atoms with Gasteiger partial charge in [-0.2, -0.15) is 4.31 Å². The molecule has 0 aromatic heterocycles. The monoisotopic (exact) mass is 594 g/mol. The average molecular weight is 595 g/mol.